The predicted molar refractivity (Wildman–Crippen MR) is 67.7 cm³/mol. The number of rotatable bonds is 3. The summed E-state index contributed by atoms with van der Waals surface area (Å²) >= 11 is 0. The molecule has 0 aliphatic carbocycles. The second kappa shape index (κ2) is 5.21. The maximum atomic E-state index is 11.7. The largest absolute Gasteiger partial charge is 0.423 e. The van der Waals surface area contributed by atoms with E-state index >= 15 is 0 Å². The summed E-state index contributed by atoms with van der Waals surface area (Å²) in [7, 11) is -4.24. The molecule has 0 saturated carbocycles. The van der Waals surface area contributed by atoms with E-state index in [1.807, 2.05) is 0 Å². The zero-order valence-electron chi connectivity index (χ0n) is 9.68. The molecule has 0 aromatic heterocycles. The molecule has 0 bridgehead atoms. The third-order valence-electron chi connectivity index (χ3n) is 2.34. The van der Waals surface area contributed by atoms with E-state index in [1.165, 1.54) is 12.1 Å². The van der Waals surface area contributed by atoms with Crippen molar-refractivity contribution in [3.05, 3.63) is 60.2 Å². The minimum atomic E-state index is -4.24. The molecule has 0 spiro atoms. The van der Waals surface area contributed by atoms with E-state index < -0.39 is 16.1 Å². The van der Waals surface area contributed by atoms with Crippen molar-refractivity contribution < 1.29 is 22.5 Å². The molecular weight excluding hydrogens is 268 g/mol. The first-order valence-corrected chi connectivity index (χ1v) is 6.75. The van der Waals surface area contributed by atoms with Gasteiger partial charge in [-0.15, -0.1) is 0 Å². The van der Waals surface area contributed by atoms with Crippen LogP contribution in [0.1, 0.15) is 10.4 Å². The minimum Gasteiger partial charge on any atom is -0.423 e. The SMILES string of the molecule is O=C(Oc1ccc(S(=O)(=O)O)cc1)c1ccccc1. The van der Waals surface area contributed by atoms with Crippen molar-refractivity contribution in [1.29, 1.82) is 0 Å². The van der Waals surface area contributed by atoms with Gasteiger partial charge in [-0.1, -0.05) is 18.2 Å². The first-order valence-electron chi connectivity index (χ1n) is 5.31. The molecule has 2 rings (SSSR count). The van der Waals surface area contributed by atoms with Gasteiger partial charge in [0, 0.05) is 0 Å². The highest BCUT2D eigenvalue weighted by Gasteiger charge is 2.11. The highest BCUT2D eigenvalue weighted by molar-refractivity contribution is 7.85. The molecule has 0 unspecified atom stereocenters. The maximum absolute atomic E-state index is 11.7. The summed E-state index contributed by atoms with van der Waals surface area (Å²) in [5.74, 6) is -0.346. The molecule has 0 aliphatic rings. The van der Waals surface area contributed by atoms with E-state index in [4.69, 9.17) is 9.29 Å². The van der Waals surface area contributed by atoms with Crippen molar-refractivity contribution in [1.82, 2.24) is 0 Å². The molecule has 6 heteroatoms. The topological polar surface area (TPSA) is 80.7 Å². The molecule has 1 N–H and O–H groups in total. The number of benzene rings is 2. The van der Waals surface area contributed by atoms with Gasteiger partial charge in [0.05, 0.1) is 10.5 Å². The molecule has 5 nitrogen and oxygen atoms in total. The van der Waals surface area contributed by atoms with Gasteiger partial charge in [0.15, 0.2) is 0 Å². The number of hydrogen-bond acceptors (Lipinski definition) is 4. The Hall–Kier alpha value is -2.18. The summed E-state index contributed by atoms with van der Waals surface area (Å²) in [5, 5.41) is 0. The molecular formula is C13H10O5S. The van der Waals surface area contributed by atoms with Crippen molar-refractivity contribution in [3.8, 4) is 5.75 Å². The highest BCUT2D eigenvalue weighted by Crippen LogP contribution is 2.17. The summed E-state index contributed by atoms with van der Waals surface area (Å²) in [6.07, 6.45) is 0. The normalized spacial score (nSPS) is 11.0. The Labute approximate surface area is 110 Å². The first kappa shape index (κ1) is 13.3. The molecule has 19 heavy (non-hydrogen) atoms. The average molecular weight is 278 g/mol. The Morgan fingerprint density at radius 3 is 2.05 bits per heavy atom. The van der Waals surface area contributed by atoms with Crippen LogP contribution in [-0.2, 0) is 10.1 Å². The van der Waals surface area contributed by atoms with Crippen LogP contribution in [-0.4, -0.2) is 18.9 Å². The molecule has 0 amide bonds. The Morgan fingerprint density at radius 2 is 1.53 bits per heavy atom. The second-order valence-electron chi connectivity index (χ2n) is 3.70. The molecule has 0 aliphatic heterocycles. The summed E-state index contributed by atoms with van der Waals surface area (Å²) in [6.45, 7) is 0. The Bertz CT molecular complexity index is 675. The fourth-order valence-electron chi connectivity index (χ4n) is 1.42. The van der Waals surface area contributed by atoms with E-state index in [9.17, 15) is 13.2 Å². The standard InChI is InChI=1S/C13H10O5S/c14-13(10-4-2-1-3-5-10)18-11-6-8-12(9-7-11)19(15,16)17/h1-9H,(H,15,16,17). The van der Waals surface area contributed by atoms with E-state index in [0.29, 0.717) is 5.56 Å². The van der Waals surface area contributed by atoms with Gasteiger partial charge in [-0.3, -0.25) is 4.55 Å². The average Bonchev–Trinajstić information content (AvgIpc) is 2.39. The second-order valence-corrected chi connectivity index (χ2v) is 5.12. The molecule has 98 valence electrons. The third-order valence-corrected chi connectivity index (χ3v) is 3.21. The highest BCUT2D eigenvalue weighted by atomic mass is 32.2. The summed E-state index contributed by atoms with van der Waals surface area (Å²) < 4.78 is 35.5. The van der Waals surface area contributed by atoms with Gasteiger partial charge in [0.25, 0.3) is 10.1 Å². The van der Waals surface area contributed by atoms with Crippen LogP contribution in [0, 0.1) is 0 Å². The fraction of sp³-hybridized carbons (Fsp3) is 0. The molecule has 0 heterocycles. The van der Waals surface area contributed by atoms with Gasteiger partial charge in [-0.2, -0.15) is 8.42 Å². The zero-order chi connectivity index (χ0) is 13.9. The fourth-order valence-corrected chi connectivity index (χ4v) is 1.90. The molecule has 0 saturated heterocycles. The molecule has 0 atom stereocenters. The quantitative estimate of drug-likeness (QED) is 0.528. The molecule has 0 radical (unpaired) electrons. The number of carbonyl (C=O) groups excluding carboxylic acids is 1. The number of esters is 1. The van der Waals surface area contributed by atoms with Crippen LogP contribution in [0.2, 0.25) is 0 Å². The lowest BCUT2D eigenvalue weighted by Crippen LogP contribution is -2.08. The van der Waals surface area contributed by atoms with Crippen LogP contribution in [0.5, 0.6) is 5.75 Å². The van der Waals surface area contributed by atoms with E-state index in [-0.39, 0.29) is 10.6 Å². The zero-order valence-corrected chi connectivity index (χ0v) is 10.5. The monoisotopic (exact) mass is 278 g/mol. The van der Waals surface area contributed by atoms with Crippen molar-refractivity contribution in [3.63, 3.8) is 0 Å². The van der Waals surface area contributed by atoms with Crippen molar-refractivity contribution >= 4 is 16.1 Å². The van der Waals surface area contributed by atoms with Gasteiger partial charge in [0.2, 0.25) is 0 Å². The van der Waals surface area contributed by atoms with Crippen LogP contribution in [0.15, 0.2) is 59.5 Å². The van der Waals surface area contributed by atoms with Crippen LogP contribution in [0.4, 0.5) is 0 Å². The van der Waals surface area contributed by atoms with Crippen LogP contribution < -0.4 is 4.74 Å². The Morgan fingerprint density at radius 1 is 0.947 bits per heavy atom. The lowest BCUT2D eigenvalue weighted by Gasteiger charge is -2.04. The van der Waals surface area contributed by atoms with Crippen LogP contribution in [0.3, 0.4) is 0 Å². The number of carbonyl (C=O) groups is 1. The lowest BCUT2D eigenvalue weighted by molar-refractivity contribution is 0.0734. The van der Waals surface area contributed by atoms with Gasteiger partial charge in [-0.25, -0.2) is 4.79 Å². The molecule has 2 aromatic rings. The maximum Gasteiger partial charge on any atom is 0.343 e. The molecule has 2 aromatic carbocycles. The van der Waals surface area contributed by atoms with Gasteiger partial charge in [-0.05, 0) is 36.4 Å². The van der Waals surface area contributed by atoms with Crippen molar-refractivity contribution in [2.75, 3.05) is 0 Å². The van der Waals surface area contributed by atoms with Gasteiger partial charge < -0.3 is 4.74 Å². The third kappa shape index (κ3) is 3.40. The van der Waals surface area contributed by atoms with Crippen molar-refractivity contribution in [2.45, 2.75) is 4.90 Å². The van der Waals surface area contributed by atoms with E-state index in [2.05, 4.69) is 0 Å². The smallest absolute Gasteiger partial charge is 0.343 e. The van der Waals surface area contributed by atoms with Gasteiger partial charge in [0.1, 0.15) is 5.75 Å². The lowest BCUT2D eigenvalue weighted by atomic mass is 10.2. The van der Waals surface area contributed by atoms with Crippen molar-refractivity contribution in [2.24, 2.45) is 0 Å². The summed E-state index contributed by atoms with van der Waals surface area (Å²) in [6, 6.07) is 13.3. The predicted octanol–water partition coefficient (Wildman–Crippen LogP) is 2.15. The molecule has 0 fully saturated rings. The Kier molecular flexibility index (Phi) is 3.64. The van der Waals surface area contributed by atoms with Crippen LogP contribution >= 0.6 is 0 Å². The number of hydrogen-bond donors (Lipinski definition) is 1. The summed E-state index contributed by atoms with van der Waals surface area (Å²) in [4.78, 5) is 11.4. The number of ether oxygens (including phenoxy) is 1. The summed E-state index contributed by atoms with van der Waals surface area (Å²) in [5.41, 5.74) is 0.390. The Balaban J connectivity index is 2.15. The van der Waals surface area contributed by atoms with Gasteiger partial charge >= 0.3 is 5.97 Å². The minimum absolute atomic E-state index is 0.196. The van der Waals surface area contributed by atoms with E-state index in [0.717, 1.165) is 12.1 Å². The van der Waals surface area contributed by atoms with Crippen LogP contribution in [0.25, 0.3) is 0 Å². The first-order chi connectivity index (χ1) is 8.97. The van der Waals surface area contributed by atoms with E-state index in [1.54, 1.807) is 30.3 Å².